The second kappa shape index (κ2) is 3.11. The van der Waals surface area contributed by atoms with Gasteiger partial charge in [-0.15, -0.1) is 0 Å². The number of nitrogens with zero attached hydrogens (tertiary/aromatic N) is 2. The number of pyridine rings is 1. The van der Waals surface area contributed by atoms with Crippen LogP contribution in [0.1, 0.15) is 6.42 Å². The Morgan fingerprint density at radius 2 is 2.43 bits per heavy atom. The number of fused-ring (bicyclic) bond motifs is 2. The number of anilines is 1. The van der Waals surface area contributed by atoms with Crippen LogP contribution in [0.2, 0.25) is 5.15 Å². The maximum Gasteiger partial charge on any atom is 0.129 e. The van der Waals surface area contributed by atoms with Crippen molar-refractivity contribution >= 4 is 17.3 Å². The molecule has 0 aliphatic carbocycles. The van der Waals surface area contributed by atoms with Gasteiger partial charge in [0.2, 0.25) is 0 Å². The molecule has 2 bridgehead atoms. The van der Waals surface area contributed by atoms with Crippen molar-refractivity contribution in [2.24, 2.45) is 0 Å². The predicted molar refractivity (Wildman–Crippen MR) is 56.8 cm³/mol. The summed E-state index contributed by atoms with van der Waals surface area (Å²) in [4.78, 5) is 6.53. The first kappa shape index (κ1) is 8.50. The highest BCUT2D eigenvalue weighted by atomic mass is 35.5. The van der Waals surface area contributed by atoms with Gasteiger partial charge >= 0.3 is 0 Å². The average Bonchev–Trinajstić information content (AvgIpc) is 2.80. The van der Waals surface area contributed by atoms with Gasteiger partial charge in [-0.05, 0) is 18.6 Å². The van der Waals surface area contributed by atoms with Crippen LogP contribution in [0.4, 0.5) is 5.69 Å². The fourth-order valence-corrected chi connectivity index (χ4v) is 2.53. The van der Waals surface area contributed by atoms with E-state index in [2.05, 4.69) is 21.3 Å². The Bertz CT molecular complexity index is 338. The van der Waals surface area contributed by atoms with E-state index in [9.17, 15) is 0 Å². The van der Waals surface area contributed by atoms with Crippen LogP contribution in [-0.4, -0.2) is 30.2 Å². The Kier molecular flexibility index (Phi) is 1.89. The van der Waals surface area contributed by atoms with Gasteiger partial charge in [-0.1, -0.05) is 11.6 Å². The van der Waals surface area contributed by atoms with E-state index in [1.54, 1.807) is 0 Å². The molecular formula is C10H12ClN3. The number of hydrogen-bond donors (Lipinski definition) is 1. The summed E-state index contributed by atoms with van der Waals surface area (Å²) in [7, 11) is 0. The normalized spacial score (nSPS) is 29.9. The molecule has 74 valence electrons. The Hall–Kier alpha value is -0.800. The van der Waals surface area contributed by atoms with Crippen LogP contribution >= 0.6 is 11.6 Å². The molecule has 0 aromatic carbocycles. The van der Waals surface area contributed by atoms with Gasteiger partial charge in [-0.3, -0.25) is 0 Å². The first-order valence-corrected chi connectivity index (χ1v) is 5.32. The molecule has 2 aliphatic rings. The van der Waals surface area contributed by atoms with Crippen molar-refractivity contribution in [3.05, 3.63) is 23.5 Å². The fourth-order valence-electron chi connectivity index (χ4n) is 2.41. The van der Waals surface area contributed by atoms with E-state index in [1.165, 1.54) is 12.1 Å². The highest BCUT2D eigenvalue weighted by molar-refractivity contribution is 6.29. The topological polar surface area (TPSA) is 28.2 Å². The summed E-state index contributed by atoms with van der Waals surface area (Å²) in [6.07, 6.45) is 3.13. The molecule has 2 saturated heterocycles. The average molecular weight is 210 g/mol. The quantitative estimate of drug-likeness (QED) is 0.707. The lowest BCUT2D eigenvalue weighted by Crippen LogP contribution is -2.43. The van der Waals surface area contributed by atoms with Crippen LogP contribution in [0, 0.1) is 0 Å². The van der Waals surface area contributed by atoms with E-state index in [4.69, 9.17) is 11.6 Å². The van der Waals surface area contributed by atoms with Crippen molar-refractivity contribution in [1.82, 2.24) is 10.3 Å². The molecule has 2 aliphatic heterocycles. The summed E-state index contributed by atoms with van der Waals surface area (Å²) in [5, 5.41) is 4.04. The minimum absolute atomic E-state index is 0.566. The van der Waals surface area contributed by atoms with Gasteiger partial charge in [0.1, 0.15) is 5.15 Å². The lowest BCUT2D eigenvalue weighted by Gasteiger charge is -2.29. The van der Waals surface area contributed by atoms with Gasteiger partial charge in [0.25, 0.3) is 0 Å². The number of rotatable bonds is 1. The van der Waals surface area contributed by atoms with Gasteiger partial charge < -0.3 is 10.2 Å². The molecule has 0 spiro atoms. The third kappa shape index (κ3) is 1.28. The fraction of sp³-hybridized carbons (Fsp3) is 0.500. The summed E-state index contributed by atoms with van der Waals surface area (Å²) >= 11 is 5.76. The molecule has 4 heteroatoms. The highest BCUT2D eigenvalue weighted by Crippen LogP contribution is 2.28. The van der Waals surface area contributed by atoms with E-state index >= 15 is 0 Å². The summed E-state index contributed by atoms with van der Waals surface area (Å²) in [5.41, 5.74) is 1.20. The van der Waals surface area contributed by atoms with Crippen LogP contribution in [0.5, 0.6) is 0 Å². The van der Waals surface area contributed by atoms with Crippen LogP contribution < -0.4 is 10.2 Å². The summed E-state index contributed by atoms with van der Waals surface area (Å²) < 4.78 is 0. The number of aromatic nitrogens is 1. The zero-order valence-electron chi connectivity index (χ0n) is 7.78. The standard InChI is InChI=1S/C10H12ClN3/c11-10-2-1-8(4-13-10)14-6-7-3-9(14)5-12-7/h1-2,4,7,9,12H,3,5-6H2/t7-,9+/m1/s1. The molecule has 2 atom stereocenters. The van der Waals surface area contributed by atoms with Crippen LogP contribution in [0.25, 0.3) is 0 Å². The van der Waals surface area contributed by atoms with Gasteiger partial charge in [-0.2, -0.15) is 0 Å². The summed E-state index contributed by atoms with van der Waals surface area (Å²) in [6, 6.07) is 5.24. The molecule has 0 unspecified atom stereocenters. The number of halogens is 1. The van der Waals surface area contributed by atoms with Gasteiger partial charge in [0.05, 0.1) is 11.9 Å². The molecule has 2 fully saturated rings. The summed E-state index contributed by atoms with van der Waals surface area (Å²) in [5.74, 6) is 0. The van der Waals surface area contributed by atoms with Crippen molar-refractivity contribution in [3.8, 4) is 0 Å². The minimum atomic E-state index is 0.566. The maximum absolute atomic E-state index is 5.76. The molecule has 1 N–H and O–H groups in total. The van der Waals surface area contributed by atoms with E-state index in [0.717, 1.165) is 13.1 Å². The lowest BCUT2D eigenvalue weighted by molar-refractivity contribution is 0.579. The number of hydrogen-bond acceptors (Lipinski definition) is 3. The monoisotopic (exact) mass is 209 g/mol. The molecule has 0 amide bonds. The van der Waals surface area contributed by atoms with Gasteiger partial charge in [0.15, 0.2) is 0 Å². The Morgan fingerprint density at radius 1 is 1.50 bits per heavy atom. The third-order valence-corrected chi connectivity index (χ3v) is 3.32. The molecule has 14 heavy (non-hydrogen) atoms. The van der Waals surface area contributed by atoms with Crippen molar-refractivity contribution in [2.75, 3.05) is 18.0 Å². The zero-order valence-corrected chi connectivity index (χ0v) is 8.54. The lowest BCUT2D eigenvalue weighted by atomic mass is 10.2. The SMILES string of the molecule is Clc1ccc(N2C[C@H]3C[C@H]2CN3)cn1. The molecule has 0 radical (unpaired) electrons. The zero-order chi connectivity index (χ0) is 9.54. The minimum Gasteiger partial charge on any atom is -0.364 e. The molecule has 1 aromatic heterocycles. The third-order valence-electron chi connectivity index (χ3n) is 3.10. The molecule has 3 heterocycles. The largest absolute Gasteiger partial charge is 0.364 e. The van der Waals surface area contributed by atoms with Crippen LogP contribution in [0.3, 0.4) is 0 Å². The number of nitrogens with one attached hydrogen (secondary N) is 1. The molecule has 3 nitrogen and oxygen atoms in total. The molecule has 0 saturated carbocycles. The first-order chi connectivity index (χ1) is 6.83. The van der Waals surface area contributed by atoms with E-state index in [0.29, 0.717) is 17.2 Å². The molecular weight excluding hydrogens is 198 g/mol. The Morgan fingerprint density at radius 3 is 3.00 bits per heavy atom. The van der Waals surface area contributed by atoms with Gasteiger partial charge in [-0.25, -0.2) is 4.98 Å². The Balaban J connectivity index is 1.86. The van der Waals surface area contributed by atoms with E-state index in [-0.39, 0.29) is 0 Å². The molecule has 1 aromatic rings. The van der Waals surface area contributed by atoms with E-state index in [1.807, 2.05) is 12.3 Å². The van der Waals surface area contributed by atoms with Crippen molar-refractivity contribution in [1.29, 1.82) is 0 Å². The van der Waals surface area contributed by atoms with Crippen molar-refractivity contribution in [3.63, 3.8) is 0 Å². The van der Waals surface area contributed by atoms with Crippen LogP contribution in [0.15, 0.2) is 18.3 Å². The van der Waals surface area contributed by atoms with Crippen molar-refractivity contribution < 1.29 is 0 Å². The molecule has 3 rings (SSSR count). The maximum atomic E-state index is 5.76. The number of piperazine rings is 1. The van der Waals surface area contributed by atoms with Gasteiger partial charge in [0, 0.05) is 25.2 Å². The van der Waals surface area contributed by atoms with Crippen molar-refractivity contribution in [2.45, 2.75) is 18.5 Å². The smallest absolute Gasteiger partial charge is 0.129 e. The van der Waals surface area contributed by atoms with Crippen LogP contribution in [-0.2, 0) is 0 Å². The first-order valence-electron chi connectivity index (χ1n) is 4.94. The Labute approximate surface area is 88.1 Å². The highest BCUT2D eigenvalue weighted by Gasteiger charge is 2.37. The second-order valence-electron chi connectivity index (χ2n) is 3.99. The van der Waals surface area contributed by atoms with E-state index < -0.39 is 0 Å². The summed E-state index contributed by atoms with van der Waals surface area (Å²) in [6.45, 7) is 2.21. The predicted octanol–water partition coefficient (Wildman–Crippen LogP) is 1.29. The second-order valence-corrected chi connectivity index (χ2v) is 4.37.